The highest BCUT2D eigenvalue weighted by atomic mass is 35.5. The summed E-state index contributed by atoms with van der Waals surface area (Å²) in [6.45, 7) is 5.12. The van der Waals surface area contributed by atoms with Crippen LogP contribution in [-0.4, -0.2) is 14.8 Å². The first kappa shape index (κ1) is 17.8. The summed E-state index contributed by atoms with van der Waals surface area (Å²) in [5, 5.41) is 13.0. The van der Waals surface area contributed by atoms with Gasteiger partial charge < -0.3 is 4.57 Å². The molecule has 0 unspecified atom stereocenters. The van der Waals surface area contributed by atoms with Crippen LogP contribution in [0.4, 0.5) is 0 Å². The number of aromatic nitrogens is 3. The number of rotatable bonds is 6. The van der Waals surface area contributed by atoms with Crippen molar-refractivity contribution in [3.8, 4) is 11.4 Å². The molecule has 1 aromatic carbocycles. The minimum atomic E-state index is 0.577. The summed E-state index contributed by atoms with van der Waals surface area (Å²) < 4.78 is 2.16. The topological polar surface area (TPSA) is 30.7 Å². The van der Waals surface area contributed by atoms with E-state index in [-0.39, 0.29) is 0 Å². The van der Waals surface area contributed by atoms with Crippen LogP contribution in [0, 0.1) is 0 Å². The van der Waals surface area contributed by atoms with E-state index >= 15 is 0 Å². The quantitative estimate of drug-likeness (QED) is 0.464. The molecule has 0 N–H and O–H groups in total. The van der Waals surface area contributed by atoms with E-state index in [1.54, 1.807) is 23.1 Å². The van der Waals surface area contributed by atoms with Crippen LogP contribution in [-0.2, 0) is 18.7 Å². The molecule has 0 saturated heterocycles. The highest BCUT2D eigenvalue weighted by Gasteiger charge is 2.14. The fourth-order valence-electron chi connectivity index (χ4n) is 2.35. The minimum absolute atomic E-state index is 0.577. The van der Waals surface area contributed by atoms with Gasteiger partial charge in [0.2, 0.25) is 0 Å². The van der Waals surface area contributed by atoms with Gasteiger partial charge in [-0.3, -0.25) is 0 Å². The third-order valence-corrected chi connectivity index (χ3v) is 6.50. The summed E-state index contributed by atoms with van der Waals surface area (Å²) in [4.78, 5) is 1.36. The Kier molecular flexibility index (Phi) is 5.87. The first-order chi connectivity index (χ1) is 11.6. The molecular formula is C17H17Cl2N3S2. The van der Waals surface area contributed by atoms with Gasteiger partial charge in [-0.25, -0.2) is 0 Å². The van der Waals surface area contributed by atoms with Crippen LogP contribution in [0.3, 0.4) is 0 Å². The molecular weight excluding hydrogens is 381 g/mol. The third kappa shape index (κ3) is 3.80. The smallest absolute Gasteiger partial charge is 0.191 e. The Morgan fingerprint density at radius 1 is 1.12 bits per heavy atom. The van der Waals surface area contributed by atoms with Crippen molar-refractivity contribution in [2.75, 3.05) is 0 Å². The van der Waals surface area contributed by atoms with Gasteiger partial charge in [-0.2, -0.15) is 0 Å². The number of aryl methyl sites for hydroxylation is 1. The van der Waals surface area contributed by atoms with Gasteiger partial charge in [-0.15, -0.1) is 21.5 Å². The van der Waals surface area contributed by atoms with Gasteiger partial charge in [0.25, 0.3) is 0 Å². The fraction of sp³-hybridized carbons (Fsp3) is 0.294. The molecule has 0 spiro atoms. The van der Waals surface area contributed by atoms with Gasteiger partial charge in [-0.1, -0.05) is 48.0 Å². The highest BCUT2D eigenvalue weighted by molar-refractivity contribution is 7.98. The van der Waals surface area contributed by atoms with Crippen molar-refractivity contribution in [1.82, 2.24) is 14.8 Å². The maximum Gasteiger partial charge on any atom is 0.191 e. The lowest BCUT2D eigenvalue weighted by Crippen LogP contribution is -1.99. The molecule has 0 atom stereocenters. The van der Waals surface area contributed by atoms with Crippen LogP contribution in [0.1, 0.15) is 24.3 Å². The van der Waals surface area contributed by atoms with Gasteiger partial charge in [0.05, 0.1) is 10.0 Å². The third-order valence-electron chi connectivity index (χ3n) is 3.65. The van der Waals surface area contributed by atoms with E-state index in [1.165, 1.54) is 4.88 Å². The Bertz CT molecular complexity index is 842. The molecule has 3 aromatic rings. The summed E-state index contributed by atoms with van der Waals surface area (Å²) in [6, 6.07) is 7.92. The first-order valence-electron chi connectivity index (χ1n) is 7.70. The van der Waals surface area contributed by atoms with Gasteiger partial charge in [0, 0.05) is 28.1 Å². The molecule has 0 saturated carbocycles. The van der Waals surface area contributed by atoms with Gasteiger partial charge in [0.1, 0.15) is 0 Å². The first-order valence-corrected chi connectivity index (χ1v) is 10.3. The average Bonchev–Trinajstić information content (AvgIpc) is 3.21. The number of halogens is 2. The molecule has 0 amide bonds. The van der Waals surface area contributed by atoms with E-state index < -0.39 is 0 Å². The predicted octanol–water partition coefficient (Wildman–Crippen LogP) is 6.19. The number of benzene rings is 1. The average molecular weight is 398 g/mol. The van der Waals surface area contributed by atoms with Crippen molar-refractivity contribution < 1.29 is 0 Å². The second-order valence-corrected chi connectivity index (χ2v) is 8.00. The second-order valence-electron chi connectivity index (χ2n) is 5.24. The van der Waals surface area contributed by atoms with Crippen molar-refractivity contribution in [3.63, 3.8) is 0 Å². The zero-order valence-electron chi connectivity index (χ0n) is 13.4. The molecule has 2 aromatic heterocycles. The van der Waals surface area contributed by atoms with E-state index in [1.807, 2.05) is 18.2 Å². The molecule has 126 valence electrons. The summed E-state index contributed by atoms with van der Waals surface area (Å²) in [7, 11) is 0. The van der Waals surface area contributed by atoms with Crippen molar-refractivity contribution >= 4 is 46.3 Å². The lowest BCUT2D eigenvalue weighted by molar-refractivity contribution is 0.687. The number of thiophene rings is 1. The normalized spacial score (nSPS) is 11.2. The van der Waals surface area contributed by atoms with Crippen LogP contribution >= 0.6 is 46.3 Å². The molecule has 0 bridgehead atoms. The summed E-state index contributed by atoms with van der Waals surface area (Å²) >= 11 is 15.5. The summed E-state index contributed by atoms with van der Waals surface area (Å²) in [6.07, 6.45) is 1.05. The van der Waals surface area contributed by atoms with Crippen molar-refractivity contribution in [2.24, 2.45) is 0 Å². The Balaban J connectivity index is 1.80. The number of nitrogens with zero attached hydrogens (tertiary/aromatic N) is 3. The standard InChI is InChI=1S/C17H17Cl2N3S2/c1-3-13-8-12(10-23-13)16-20-21-17(22(16)4-2)24-9-11-5-6-14(18)15(19)7-11/h5-8,10H,3-4,9H2,1-2H3. The van der Waals surface area contributed by atoms with Crippen LogP contribution in [0.2, 0.25) is 10.0 Å². The Morgan fingerprint density at radius 3 is 2.62 bits per heavy atom. The Morgan fingerprint density at radius 2 is 1.96 bits per heavy atom. The fourth-order valence-corrected chi connectivity index (χ4v) is 4.43. The molecule has 3 nitrogen and oxygen atoms in total. The van der Waals surface area contributed by atoms with E-state index in [4.69, 9.17) is 23.2 Å². The monoisotopic (exact) mass is 397 g/mol. The predicted molar refractivity (Wildman–Crippen MR) is 104 cm³/mol. The number of hydrogen-bond donors (Lipinski definition) is 0. The van der Waals surface area contributed by atoms with Gasteiger partial charge >= 0.3 is 0 Å². The van der Waals surface area contributed by atoms with E-state index in [2.05, 4.69) is 40.1 Å². The van der Waals surface area contributed by atoms with Crippen molar-refractivity contribution in [1.29, 1.82) is 0 Å². The van der Waals surface area contributed by atoms with Gasteiger partial charge in [-0.05, 0) is 37.1 Å². The summed E-state index contributed by atoms with van der Waals surface area (Å²) in [5.41, 5.74) is 2.26. The van der Waals surface area contributed by atoms with Crippen LogP contribution in [0.25, 0.3) is 11.4 Å². The zero-order valence-corrected chi connectivity index (χ0v) is 16.6. The minimum Gasteiger partial charge on any atom is -0.302 e. The SMILES string of the molecule is CCc1cc(-c2nnc(SCc3ccc(Cl)c(Cl)c3)n2CC)cs1. The number of hydrogen-bond acceptors (Lipinski definition) is 4. The Labute approximate surface area is 160 Å². The number of thioether (sulfide) groups is 1. The lowest BCUT2D eigenvalue weighted by Gasteiger charge is -2.07. The van der Waals surface area contributed by atoms with E-state index in [0.717, 1.165) is 40.8 Å². The van der Waals surface area contributed by atoms with Gasteiger partial charge in [0.15, 0.2) is 11.0 Å². The largest absolute Gasteiger partial charge is 0.302 e. The van der Waals surface area contributed by atoms with Crippen LogP contribution < -0.4 is 0 Å². The highest BCUT2D eigenvalue weighted by Crippen LogP contribution is 2.30. The van der Waals surface area contributed by atoms with E-state index in [0.29, 0.717) is 10.0 Å². The molecule has 24 heavy (non-hydrogen) atoms. The molecule has 0 aliphatic heterocycles. The zero-order chi connectivity index (χ0) is 17.1. The molecule has 2 heterocycles. The van der Waals surface area contributed by atoms with Crippen molar-refractivity contribution in [3.05, 3.63) is 50.1 Å². The van der Waals surface area contributed by atoms with Crippen LogP contribution in [0.5, 0.6) is 0 Å². The molecule has 0 aliphatic rings. The summed E-state index contributed by atoms with van der Waals surface area (Å²) in [5.74, 6) is 1.71. The molecule has 3 rings (SSSR count). The molecule has 0 aliphatic carbocycles. The Hall–Kier alpha value is -1.01. The molecule has 0 radical (unpaired) electrons. The maximum absolute atomic E-state index is 6.08. The second kappa shape index (κ2) is 7.91. The molecule has 7 heteroatoms. The van der Waals surface area contributed by atoms with E-state index in [9.17, 15) is 0 Å². The lowest BCUT2D eigenvalue weighted by atomic mass is 10.2. The maximum atomic E-state index is 6.08. The molecule has 0 fully saturated rings. The van der Waals surface area contributed by atoms with Crippen molar-refractivity contribution in [2.45, 2.75) is 37.7 Å². The van der Waals surface area contributed by atoms with Crippen LogP contribution in [0.15, 0.2) is 34.8 Å².